The van der Waals surface area contributed by atoms with Gasteiger partial charge in [-0.3, -0.25) is 0 Å². The van der Waals surface area contributed by atoms with E-state index in [1.54, 1.807) is 0 Å². The molecule has 2 heteroatoms. The highest BCUT2D eigenvalue weighted by molar-refractivity contribution is 5.90. The molecule has 2 atom stereocenters. The van der Waals surface area contributed by atoms with E-state index in [1.807, 2.05) is 0 Å². The number of nitrogens with zero attached hydrogens (tertiary/aromatic N) is 2. The Morgan fingerprint density at radius 1 is 1.09 bits per heavy atom. The number of aryl methyl sites for hydroxylation is 1. The maximum atomic E-state index is 4.91. The van der Waals surface area contributed by atoms with Gasteiger partial charge in [0.25, 0.3) is 0 Å². The fourth-order valence-electron chi connectivity index (χ4n) is 4.69. The summed E-state index contributed by atoms with van der Waals surface area (Å²) in [5, 5.41) is 7.48. The van der Waals surface area contributed by atoms with Crippen LogP contribution in [-0.4, -0.2) is 9.78 Å². The van der Waals surface area contributed by atoms with Gasteiger partial charge in [-0.15, -0.1) is 0 Å². The molecule has 2 nitrogen and oxygen atoms in total. The fraction of sp³-hybridized carbons (Fsp3) is 0.350. The summed E-state index contributed by atoms with van der Waals surface area (Å²) in [5.41, 5.74) is 5.90. The SMILES string of the molecule is Cc1nn(-c2cccc3ccccc23)c2c1[C@@H]1[C@@H](C2)C1(C)C. The van der Waals surface area contributed by atoms with Crippen LogP contribution in [0.5, 0.6) is 0 Å². The molecule has 0 radical (unpaired) electrons. The minimum atomic E-state index is 0.477. The lowest BCUT2D eigenvalue weighted by atomic mass is 9.98. The molecule has 2 aromatic carbocycles. The van der Waals surface area contributed by atoms with Crippen LogP contribution < -0.4 is 0 Å². The van der Waals surface area contributed by atoms with Gasteiger partial charge in [-0.25, -0.2) is 4.68 Å². The molecule has 0 N–H and O–H groups in total. The van der Waals surface area contributed by atoms with Crippen LogP contribution in [0.3, 0.4) is 0 Å². The topological polar surface area (TPSA) is 17.8 Å². The minimum absolute atomic E-state index is 0.477. The number of fused-ring (bicyclic) bond motifs is 4. The van der Waals surface area contributed by atoms with E-state index in [-0.39, 0.29) is 0 Å². The normalized spacial score (nSPS) is 24.3. The van der Waals surface area contributed by atoms with Crippen molar-refractivity contribution in [2.75, 3.05) is 0 Å². The molecular weight excluding hydrogens is 268 g/mol. The Morgan fingerprint density at radius 2 is 1.86 bits per heavy atom. The maximum absolute atomic E-state index is 4.91. The Kier molecular flexibility index (Phi) is 2.16. The molecule has 0 amide bonds. The second-order valence-electron chi connectivity index (χ2n) is 7.47. The zero-order valence-electron chi connectivity index (χ0n) is 13.3. The molecule has 0 aliphatic heterocycles. The molecule has 0 bridgehead atoms. The maximum Gasteiger partial charge on any atom is 0.0727 e. The Hall–Kier alpha value is -2.09. The Balaban J connectivity index is 1.75. The van der Waals surface area contributed by atoms with Crippen LogP contribution in [0.25, 0.3) is 16.5 Å². The smallest absolute Gasteiger partial charge is 0.0727 e. The van der Waals surface area contributed by atoms with Crippen molar-refractivity contribution in [3.05, 3.63) is 59.4 Å². The summed E-state index contributed by atoms with van der Waals surface area (Å²) in [6.45, 7) is 6.98. The number of hydrogen-bond donors (Lipinski definition) is 0. The third-order valence-corrected chi connectivity index (χ3v) is 5.98. The lowest BCUT2D eigenvalue weighted by Crippen LogP contribution is -2.06. The van der Waals surface area contributed by atoms with Gasteiger partial charge in [0.15, 0.2) is 0 Å². The zero-order valence-corrected chi connectivity index (χ0v) is 13.3. The second-order valence-corrected chi connectivity index (χ2v) is 7.47. The molecule has 1 saturated carbocycles. The van der Waals surface area contributed by atoms with E-state index in [4.69, 9.17) is 5.10 Å². The minimum Gasteiger partial charge on any atom is -0.237 e. The highest BCUT2D eigenvalue weighted by Gasteiger charge is 2.63. The van der Waals surface area contributed by atoms with Crippen molar-refractivity contribution >= 4 is 10.8 Å². The quantitative estimate of drug-likeness (QED) is 0.638. The van der Waals surface area contributed by atoms with Crippen molar-refractivity contribution in [3.63, 3.8) is 0 Å². The van der Waals surface area contributed by atoms with Crippen molar-refractivity contribution < 1.29 is 0 Å². The highest BCUT2D eigenvalue weighted by Crippen LogP contribution is 2.70. The van der Waals surface area contributed by atoms with Crippen molar-refractivity contribution in [1.29, 1.82) is 0 Å². The number of aromatic nitrogens is 2. The monoisotopic (exact) mass is 288 g/mol. The predicted octanol–water partition coefficient (Wildman–Crippen LogP) is 4.63. The first-order valence-electron chi connectivity index (χ1n) is 8.15. The molecule has 2 aliphatic rings. The Bertz CT molecular complexity index is 911. The van der Waals surface area contributed by atoms with Crippen LogP contribution in [0.2, 0.25) is 0 Å². The average molecular weight is 288 g/mol. The summed E-state index contributed by atoms with van der Waals surface area (Å²) in [6.07, 6.45) is 1.18. The van der Waals surface area contributed by atoms with Gasteiger partial charge >= 0.3 is 0 Å². The molecule has 22 heavy (non-hydrogen) atoms. The van der Waals surface area contributed by atoms with E-state index in [2.05, 4.69) is 67.9 Å². The largest absolute Gasteiger partial charge is 0.237 e. The van der Waals surface area contributed by atoms with E-state index >= 15 is 0 Å². The van der Waals surface area contributed by atoms with E-state index in [0.29, 0.717) is 5.41 Å². The van der Waals surface area contributed by atoms with E-state index < -0.39 is 0 Å². The lowest BCUT2D eigenvalue weighted by Gasteiger charge is -2.12. The molecule has 0 unspecified atom stereocenters. The van der Waals surface area contributed by atoms with Crippen molar-refractivity contribution in [3.8, 4) is 5.69 Å². The molecule has 0 saturated heterocycles. The summed E-state index contributed by atoms with van der Waals surface area (Å²) in [5.74, 6) is 1.55. The number of benzene rings is 2. The highest BCUT2D eigenvalue weighted by atomic mass is 15.3. The Morgan fingerprint density at radius 3 is 2.73 bits per heavy atom. The molecule has 1 heterocycles. The van der Waals surface area contributed by atoms with E-state index in [9.17, 15) is 0 Å². The van der Waals surface area contributed by atoms with Gasteiger partial charge in [-0.2, -0.15) is 5.10 Å². The summed E-state index contributed by atoms with van der Waals surface area (Å²) in [6, 6.07) is 15.1. The standard InChI is InChI=1S/C20H20N2/c1-12-18-17(11-15-19(18)20(15,2)3)22(21-12)16-10-6-8-13-7-4-5-9-14(13)16/h4-10,15,19H,11H2,1-3H3/t15-,19+/m1/s1. The summed E-state index contributed by atoms with van der Waals surface area (Å²) < 4.78 is 2.22. The van der Waals surface area contributed by atoms with Crippen LogP contribution in [0.4, 0.5) is 0 Å². The summed E-state index contributed by atoms with van der Waals surface area (Å²) in [4.78, 5) is 0. The van der Waals surface area contributed by atoms with Crippen LogP contribution in [-0.2, 0) is 6.42 Å². The van der Waals surface area contributed by atoms with Gasteiger partial charge in [0.1, 0.15) is 0 Å². The van der Waals surface area contributed by atoms with E-state index in [1.165, 1.54) is 39.8 Å². The van der Waals surface area contributed by atoms with Crippen molar-refractivity contribution in [2.45, 2.75) is 33.1 Å². The van der Waals surface area contributed by atoms with Crippen LogP contribution in [0.15, 0.2) is 42.5 Å². The van der Waals surface area contributed by atoms with Gasteiger partial charge in [0, 0.05) is 16.6 Å². The molecule has 2 aliphatic carbocycles. The van der Waals surface area contributed by atoms with Gasteiger partial charge < -0.3 is 0 Å². The van der Waals surface area contributed by atoms with Gasteiger partial charge in [0.05, 0.1) is 11.4 Å². The van der Waals surface area contributed by atoms with Crippen LogP contribution >= 0.6 is 0 Å². The lowest BCUT2D eigenvalue weighted by molar-refractivity contribution is 0.533. The molecule has 1 aromatic heterocycles. The molecule has 0 spiro atoms. The van der Waals surface area contributed by atoms with Crippen LogP contribution in [0.1, 0.15) is 36.7 Å². The molecule has 1 fully saturated rings. The summed E-state index contributed by atoms with van der Waals surface area (Å²) >= 11 is 0. The number of rotatable bonds is 1. The summed E-state index contributed by atoms with van der Waals surface area (Å²) in [7, 11) is 0. The first-order valence-corrected chi connectivity index (χ1v) is 8.15. The van der Waals surface area contributed by atoms with Crippen LogP contribution in [0, 0.1) is 18.3 Å². The average Bonchev–Trinajstić information content (AvgIpc) is 2.85. The first kappa shape index (κ1) is 12.5. The zero-order chi connectivity index (χ0) is 15.1. The molecular formula is C20H20N2. The van der Waals surface area contributed by atoms with Crippen molar-refractivity contribution in [2.24, 2.45) is 11.3 Å². The van der Waals surface area contributed by atoms with Gasteiger partial charge in [-0.05, 0) is 42.0 Å². The molecule has 110 valence electrons. The third kappa shape index (κ3) is 1.38. The third-order valence-electron chi connectivity index (χ3n) is 5.98. The van der Waals surface area contributed by atoms with E-state index in [0.717, 1.165) is 11.8 Å². The number of hydrogen-bond acceptors (Lipinski definition) is 1. The molecule has 3 aromatic rings. The Labute approximate surface area is 130 Å². The van der Waals surface area contributed by atoms with Gasteiger partial charge in [0.2, 0.25) is 0 Å². The molecule has 5 rings (SSSR count). The first-order chi connectivity index (χ1) is 10.6. The van der Waals surface area contributed by atoms with Crippen molar-refractivity contribution in [1.82, 2.24) is 9.78 Å². The van der Waals surface area contributed by atoms with Gasteiger partial charge in [-0.1, -0.05) is 50.2 Å². The fourth-order valence-corrected chi connectivity index (χ4v) is 4.69. The predicted molar refractivity (Wildman–Crippen MR) is 89.5 cm³/mol. The second kappa shape index (κ2) is 3.81.